The number of benzene rings is 1. The summed E-state index contributed by atoms with van der Waals surface area (Å²) in [5, 5.41) is 4.85. The Kier molecular flexibility index (Phi) is 4.18. The topological polar surface area (TPSA) is 15.3 Å². The summed E-state index contributed by atoms with van der Waals surface area (Å²) in [5.41, 5.74) is 1.05. The molecule has 1 atom stereocenters. The first-order valence-electron chi connectivity index (χ1n) is 6.03. The molecule has 0 amide bonds. The van der Waals surface area contributed by atoms with Gasteiger partial charge in [0.2, 0.25) is 0 Å². The zero-order chi connectivity index (χ0) is 12.4. The van der Waals surface area contributed by atoms with Crippen LogP contribution in [-0.2, 0) is 0 Å². The first-order chi connectivity index (χ1) is 8.08. The maximum Gasteiger partial charge on any atom is 0.0825 e. The lowest BCUT2D eigenvalue weighted by Gasteiger charge is -2.21. The highest BCUT2D eigenvalue weighted by atomic mass is 35.5. The smallest absolute Gasteiger partial charge is 0.0825 e. The molecule has 2 rings (SSSR count). The van der Waals surface area contributed by atoms with Gasteiger partial charge in [-0.25, -0.2) is 0 Å². The monoisotopic (exact) mass is 272 g/mol. The molecule has 1 aromatic carbocycles. The zero-order valence-electron chi connectivity index (χ0n) is 10.2. The van der Waals surface area contributed by atoms with Gasteiger partial charge in [-0.1, -0.05) is 43.1 Å². The number of rotatable bonds is 3. The van der Waals surface area contributed by atoms with Crippen molar-refractivity contribution in [1.29, 1.82) is 0 Å². The summed E-state index contributed by atoms with van der Waals surface area (Å²) in [6.45, 7) is 6.38. The van der Waals surface area contributed by atoms with E-state index in [-0.39, 0.29) is 0 Å². The minimum absolute atomic E-state index is 0.523. The lowest BCUT2D eigenvalue weighted by molar-refractivity contribution is 0.492. The highest BCUT2D eigenvalue weighted by Gasteiger charge is 2.24. The average molecular weight is 273 g/mol. The molecule has 2 nitrogen and oxygen atoms in total. The fourth-order valence-corrected chi connectivity index (χ4v) is 2.74. The minimum atomic E-state index is 0.523. The number of anilines is 1. The highest BCUT2D eigenvalue weighted by molar-refractivity contribution is 6.43. The average Bonchev–Trinajstić information content (AvgIpc) is 2.69. The van der Waals surface area contributed by atoms with Crippen LogP contribution >= 0.6 is 23.2 Å². The Morgan fingerprint density at radius 3 is 2.82 bits per heavy atom. The molecule has 1 N–H and O–H groups in total. The van der Waals surface area contributed by atoms with Gasteiger partial charge in [-0.3, -0.25) is 0 Å². The molecule has 1 unspecified atom stereocenters. The quantitative estimate of drug-likeness (QED) is 0.905. The molecular formula is C13H18Cl2N2. The maximum absolute atomic E-state index is 6.23. The van der Waals surface area contributed by atoms with Gasteiger partial charge < -0.3 is 10.2 Å². The molecule has 0 spiro atoms. The van der Waals surface area contributed by atoms with Crippen molar-refractivity contribution in [2.45, 2.75) is 32.4 Å². The molecule has 1 aliphatic rings. The van der Waals surface area contributed by atoms with Crippen molar-refractivity contribution in [1.82, 2.24) is 5.32 Å². The van der Waals surface area contributed by atoms with E-state index in [2.05, 4.69) is 24.1 Å². The maximum atomic E-state index is 6.23. The molecule has 1 aromatic rings. The van der Waals surface area contributed by atoms with Crippen molar-refractivity contribution in [3.05, 3.63) is 28.2 Å². The second-order valence-corrected chi connectivity index (χ2v) is 5.61. The van der Waals surface area contributed by atoms with Crippen molar-refractivity contribution in [2.75, 3.05) is 18.0 Å². The summed E-state index contributed by atoms with van der Waals surface area (Å²) in [6, 6.07) is 6.88. The molecule has 0 aliphatic carbocycles. The van der Waals surface area contributed by atoms with E-state index >= 15 is 0 Å². The third-order valence-corrected chi connectivity index (χ3v) is 3.84. The Morgan fingerprint density at radius 2 is 2.12 bits per heavy atom. The number of hydrogen-bond acceptors (Lipinski definition) is 2. The zero-order valence-corrected chi connectivity index (χ0v) is 11.7. The van der Waals surface area contributed by atoms with Gasteiger partial charge in [-0.05, 0) is 18.6 Å². The van der Waals surface area contributed by atoms with E-state index in [4.69, 9.17) is 23.2 Å². The van der Waals surface area contributed by atoms with Crippen LogP contribution in [0, 0.1) is 0 Å². The van der Waals surface area contributed by atoms with E-state index in [0.717, 1.165) is 25.2 Å². The molecule has 4 heteroatoms. The molecule has 94 valence electrons. The van der Waals surface area contributed by atoms with E-state index in [1.807, 2.05) is 18.2 Å². The Balaban J connectivity index is 2.07. The molecule has 0 radical (unpaired) electrons. The highest BCUT2D eigenvalue weighted by Crippen LogP contribution is 2.34. The van der Waals surface area contributed by atoms with Gasteiger partial charge in [-0.15, -0.1) is 0 Å². The Morgan fingerprint density at radius 1 is 1.35 bits per heavy atom. The molecule has 1 heterocycles. The number of hydrogen-bond donors (Lipinski definition) is 1. The summed E-state index contributed by atoms with van der Waals surface area (Å²) in [7, 11) is 0. The van der Waals surface area contributed by atoms with Crippen LogP contribution in [0.5, 0.6) is 0 Å². The predicted octanol–water partition coefficient (Wildman–Crippen LogP) is 3.57. The van der Waals surface area contributed by atoms with Gasteiger partial charge in [-0.2, -0.15) is 0 Å². The summed E-state index contributed by atoms with van der Waals surface area (Å²) in [5.74, 6) is 0. The summed E-state index contributed by atoms with van der Waals surface area (Å²) < 4.78 is 0. The van der Waals surface area contributed by atoms with Crippen LogP contribution in [0.3, 0.4) is 0 Å². The number of halogens is 2. The molecular weight excluding hydrogens is 255 g/mol. The van der Waals surface area contributed by atoms with Crippen LogP contribution in [0.25, 0.3) is 0 Å². The van der Waals surface area contributed by atoms with Gasteiger partial charge >= 0.3 is 0 Å². The second-order valence-electron chi connectivity index (χ2n) is 4.83. The van der Waals surface area contributed by atoms with Crippen LogP contribution in [0.4, 0.5) is 5.69 Å². The van der Waals surface area contributed by atoms with Gasteiger partial charge in [0.1, 0.15) is 0 Å². The first kappa shape index (κ1) is 13.0. The van der Waals surface area contributed by atoms with Crippen LogP contribution in [0.2, 0.25) is 10.0 Å². The lowest BCUT2D eigenvalue weighted by Crippen LogP contribution is -2.37. The van der Waals surface area contributed by atoms with E-state index in [9.17, 15) is 0 Å². The molecule has 17 heavy (non-hydrogen) atoms. The molecule has 0 bridgehead atoms. The molecule has 1 saturated heterocycles. The van der Waals surface area contributed by atoms with Crippen LogP contribution in [0.1, 0.15) is 20.3 Å². The van der Waals surface area contributed by atoms with Gasteiger partial charge in [0.05, 0.1) is 15.7 Å². The van der Waals surface area contributed by atoms with E-state index in [1.54, 1.807) is 0 Å². The number of nitrogens with one attached hydrogen (secondary N) is 1. The van der Waals surface area contributed by atoms with Crippen LogP contribution < -0.4 is 10.2 Å². The van der Waals surface area contributed by atoms with Crippen LogP contribution in [0.15, 0.2) is 18.2 Å². The fourth-order valence-electron chi connectivity index (χ4n) is 2.32. The van der Waals surface area contributed by atoms with Gasteiger partial charge in [0, 0.05) is 25.2 Å². The summed E-state index contributed by atoms with van der Waals surface area (Å²) in [6.07, 6.45) is 1.15. The van der Waals surface area contributed by atoms with E-state index in [1.165, 1.54) is 0 Å². The van der Waals surface area contributed by atoms with Crippen molar-refractivity contribution >= 4 is 28.9 Å². The van der Waals surface area contributed by atoms with E-state index < -0.39 is 0 Å². The summed E-state index contributed by atoms with van der Waals surface area (Å²) in [4.78, 5) is 2.30. The normalized spacial score (nSPS) is 20.3. The van der Waals surface area contributed by atoms with Crippen molar-refractivity contribution in [3.8, 4) is 0 Å². The SMILES string of the molecule is CC(C)NC1CCN(c2cccc(Cl)c2Cl)C1. The van der Waals surface area contributed by atoms with Gasteiger partial charge in [0.25, 0.3) is 0 Å². The number of nitrogens with zero attached hydrogens (tertiary/aromatic N) is 1. The van der Waals surface area contributed by atoms with Crippen molar-refractivity contribution in [2.24, 2.45) is 0 Å². The second kappa shape index (κ2) is 5.47. The predicted molar refractivity (Wildman–Crippen MR) is 75.4 cm³/mol. The standard InChI is InChI=1S/C13H18Cl2N2/c1-9(2)16-10-6-7-17(8-10)12-5-3-4-11(14)13(12)15/h3-5,9-10,16H,6-8H2,1-2H3. The fraction of sp³-hybridized carbons (Fsp3) is 0.538. The first-order valence-corrected chi connectivity index (χ1v) is 6.78. The Labute approximate surface area is 113 Å². The Hall–Kier alpha value is -0.440. The minimum Gasteiger partial charge on any atom is -0.369 e. The van der Waals surface area contributed by atoms with E-state index in [0.29, 0.717) is 22.1 Å². The van der Waals surface area contributed by atoms with Crippen LogP contribution in [-0.4, -0.2) is 25.2 Å². The third kappa shape index (κ3) is 3.06. The Bertz CT molecular complexity index is 393. The lowest BCUT2D eigenvalue weighted by atomic mass is 10.2. The molecule has 0 aromatic heterocycles. The van der Waals surface area contributed by atoms with Crippen molar-refractivity contribution in [3.63, 3.8) is 0 Å². The summed E-state index contributed by atoms with van der Waals surface area (Å²) >= 11 is 12.3. The third-order valence-electron chi connectivity index (χ3n) is 3.03. The van der Waals surface area contributed by atoms with Gasteiger partial charge in [0.15, 0.2) is 0 Å². The largest absolute Gasteiger partial charge is 0.369 e. The molecule has 0 saturated carbocycles. The molecule has 1 aliphatic heterocycles. The molecule has 1 fully saturated rings. The van der Waals surface area contributed by atoms with Crippen molar-refractivity contribution < 1.29 is 0 Å².